The highest BCUT2D eigenvalue weighted by Gasteiger charge is 2.19. The molecule has 0 aromatic carbocycles. The van der Waals surface area contributed by atoms with Crippen LogP contribution in [0.15, 0.2) is 12.2 Å². The Morgan fingerprint density at radius 3 is 2.69 bits per heavy atom. The number of carbonyl (C=O) groups is 1. The van der Waals surface area contributed by atoms with Gasteiger partial charge in [-0.1, -0.05) is 45.1 Å². The summed E-state index contributed by atoms with van der Waals surface area (Å²) in [5.41, 5.74) is 0. The molecule has 1 heterocycles. The zero-order valence-electron chi connectivity index (χ0n) is 10.4. The van der Waals surface area contributed by atoms with Crippen LogP contribution in [0.2, 0.25) is 0 Å². The van der Waals surface area contributed by atoms with Gasteiger partial charge in [0.25, 0.3) is 0 Å². The van der Waals surface area contributed by atoms with Crippen LogP contribution in [0, 0.1) is 0 Å². The summed E-state index contributed by atoms with van der Waals surface area (Å²) in [7, 11) is 0. The van der Waals surface area contributed by atoms with Gasteiger partial charge in [-0.3, -0.25) is 4.79 Å². The van der Waals surface area contributed by atoms with Crippen LogP contribution in [-0.2, 0) is 9.53 Å². The third-order valence-corrected chi connectivity index (χ3v) is 2.99. The minimum atomic E-state index is -0.0470. The van der Waals surface area contributed by atoms with E-state index in [-0.39, 0.29) is 12.1 Å². The van der Waals surface area contributed by atoms with Gasteiger partial charge in [0.1, 0.15) is 6.10 Å². The topological polar surface area (TPSA) is 26.3 Å². The summed E-state index contributed by atoms with van der Waals surface area (Å²) >= 11 is 0. The van der Waals surface area contributed by atoms with Crippen molar-refractivity contribution in [1.29, 1.82) is 0 Å². The van der Waals surface area contributed by atoms with Crippen LogP contribution in [0.5, 0.6) is 0 Å². The van der Waals surface area contributed by atoms with Crippen molar-refractivity contribution in [2.75, 3.05) is 0 Å². The molecule has 0 saturated carbocycles. The third-order valence-electron chi connectivity index (χ3n) is 2.99. The monoisotopic (exact) mass is 224 g/mol. The van der Waals surface area contributed by atoms with Gasteiger partial charge in [-0.05, 0) is 25.3 Å². The van der Waals surface area contributed by atoms with Gasteiger partial charge >= 0.3 is 5.97 Å². The molecular weight excluding hydrogens is 200 g/mol. The van der Waals surface area contributed by atoms with E-state index >= 15 is 0 Å². The Labute approximate surface area is 99.1 Å². The molecule has 0 amide bonds. The van der Waals surface area contributed by atoms with Crippen molar-refractivity contribution in [3.05, 3.63) is 12.2 Å². The van der Waals surface area contributed by atoms with Crippen molar-refractivity contribution in [3.63, 3.8) is 0 Å². The molecule has 0 aromatic heterocycles. The highest BCUT2D eigenvalue weighted by Crippen LogP contribution is 2.15. The van der Waals surface area contributed by atoms with E-state index in [0.717, 1.165) is 12.8 Å². The summed E-state index contributed by atoms with van der Waals surface area (Å²) in [6.45, 7) is 2.24. The highest BCUT2D eigenvalue weighted by molar-refractivity contribution is 5.71. The maximum atomic E-state index is 10.8. The molecule has 1 saturated heterocycles. The van der Waals surface area contributed by atoms with Crippen LogP contribution in [-0.4, -0.2) is 12.1 Å². The second-order valence-corrected chi connectivity index (χ2v) is 4.55. The molecular formula is C14H24O2. The molecule has 0 aromatic rings. The maximum Gasteiger partial charge on any atom is 0.306 e. The van der Waals surface area contributed by atoms with Crippen LogP contribution in [0.4, 0.5) is 0 Å². The van der Waals surface area contributed by atoms with Crippen LogP contribution < -0.4 is 0 Å². The van der Waals surface area contributed by atoms with Gasteiger partial charge in [0.15, 0.2) is 0 Å². The summed E-state index contributed by atoms with van der Waals surface area (Å²) in [5.74, 6) is -0.0470. The fourth-order valence-electron chi connectivity index (χ4n) is 1.97. The number of allylic oxidation sites excluding steroid dienone is 1. The first kappa shape index (κ1) is 13.3. The molecule has 1 fully saturated rings. The third kappa shape index (κ3) is 5.94. The van der Waals surface area contributed by atoms with Gasteiger partial charge in [0, 0.05) is 6.42 Å². The molecule has 1 rings (SSSR count). The molecule has 0 N–H and O–H groups in total. The molecule has 0 aliphatic carbocycles. The normalized spacial score (nSPS) is 20.6. The Kier molecular flexibility index (Phi) is 6.95. The summed E-state index contributed by atoms with van der Waals surface area (Å²) in [5, 5.41) is 0. The Balaban J connectivity index is 1.90. The summed E-state index contributed by atoms with van der Waals surface area (Å²) < 4.78 is 5.10. The van der Waals surface area contributed by atoms with E-state index in [2.05, 4.69) is 19.1 Å². The van der Waals surface area contributed by atoms with Crippen LogP contribution in [0.1, 0.15) is 64.7 Å². The maximum absolute atomic E-state index is 10.8. The average molecular weight is 224 g/mol. The van der Waals surface area contributed by atoms with Gasteiger partial charge in [-0.25, -0.2) is 0 Å². The number of carbonyl (C=O) groups excluding carboxylic acids is 1. The first-order valence-electron chi connectivity index (χ1n) is 6.69. The molecule has 16 heavy (non-hydrogen) atoms. The lowest BCUT2D eigenvalue weighted by molar-refractivity contribution is -0.139. The zero-order valence-corrected chi connectivity index (χ0v) is 10.4. The van der Waals surface area contributed by atoms with Crippen LogP contribution in [0.25, 0.3) is 0 Å². The van der Waals surface area contributed by atoms with E-state index < -0.39 is 0 Å². The summed E-state index contributed by atoms with van der Waals surface area (Å²) in [6.07, 6.45) is 14.9. The number of ether oxygens (including phenoxy) is 1. The van der Waals surface area contributed by atoms with E-state index in [1.54, 1.807) is 0 Å². The molecule has 1 atom stereocenters. The Morgan fingerprint density at radius 2 is 2.00 bits per heavy atom. The second-order valence-electron chi connectivity index (χ2n) is 4.55. The Hall–Kier alpha value is -0.790. The van der Waals surface area contributed by atoms with Gasteiger partial charge in [-0.2, -0.15) is 0 Å². The van der Waals surface area contributed by atoms with Crippen LogP contribution in [0.3, 0.4) is 0 Å². The number of hydrogen-bond donors (Lipinski definition) is 0. The van der Waals surface area contributed by atoms with Gasteiger partial charge in [0.2, 0.25) is 0 Å². The fourth-order valence-corrected chi connectivity index (χ4v) is 1.97. The molecule has 0 unspecified atom stereocenters. The first-order valence-corrected chi connectivity index (χ1v) is 6.69. The minimum Gasteiger partial charge on any atom is -0.458 e. The number of rotatable bonds is 8. The molecule has 0 bridgehead atoms. The van der Waals surface area contributed by atoms with Crippen molar-refractivity contribution >= 4 is 5.97 Å². The van der Waals surface area contributed by atoms with E-state index in [9.17, 15) is 4.79 Å². The van der Waals surface area contributed by atoms with Crippen molar-refractivity contribution in [2.45, 2.75) is 70.8 Å². The second kappa shape index (κ2) is 8.37. The molecule has 92 valence electrons. The van der Waals surface area contributed by atoms with E-state index in [1.807, 2.05) is 0 Å². The minimum absolute atomic E-state index is 0.0470. The fraction of sp³-hybridized carbons (Fsp3) is 0.786. The molecule has 0 spiro atoms. The number of esters is 1. The summed E-state index contributed by atoms with van der Waals surface area (Å²) in [6, 6.07) is 0. The van der Waals surface area contributed by atoms with Crippen molar-refractivity contribution in [1.82, 2.24) is 0 Å². The lowest BCUT2D eigenvalue weighted by atomic mass is 10.1. The van der Waals surface area contributed by atoms with Gasteiger partial charge < -0.3 is 4.74 Å². The molecule has 1 aliphatic heterocycles. The predicted octanol–water partition coefficient (Wildman–Crippen LogP) is 4.00. The van der Waals surface area contributed by atoms with E-state index in [0.29, 0.717) is 6.42 Å². The van der Waals surface area contributed by atoms with E-state index in [1.165, 1.54) is 38.5 Å². The predicted molar refractivity (Wildman–Crippen MR) is 66.2 cm³/mol. The highest BCUT2D eigenvalue weighted by atomic mass is 16.5. The molecule has 2 nitrogen and oxygen atoms in total. The number of cyclic esters (lactones) is 1. The smallest absolute Gasteiger partial charge is 0.306 e. The number of hydrogen-bond acceptors (Lipinski definition) is 2. The van der Waals surface area contributed by atoms with Gasteiger partial charge in [-0.15, -0.1) is 0 Å². The van der Waals surface area contributed by atoms with Crippen LogP contribution >= 0.6 is 0 Å². The SMILES string of the molecule is CCCCCCCCC=C[C@H]1CCC(=O)O1. The molecule has 0 radical (unpaired) electrons. The van der Waals surface area contributed by atoms with Gasteiger partial charge in [0.05, 0.1) is 0 Å². The lowest BCUT2D eigenvalue weighted by Crippen LogP contribution is -2.01. The standard InChI is InChI=1S/C14H24O2/c1-2-3-4-5-6-7-8-9-10-13-11-12-14(15)16-13/h9-10,13H,2-8,11-12H2,1H3/t13-/m0/s1. The summed E-state index contributed by atoms with van der Waals surface area (Å²) in [4.78, 5) is 10.8. The molecule has 1 aliphatic rings. The van der Waals surface area contributed by atoms with Crippen molar-refractivity contribution in [2.24, 2.45) is 0 Å². The average Bonchev–Trinajstić information content (AvgIpc) is 2.68. The quantitative estimate of drug-likeness (QED) is 0.354. The zero-order chi connectivity index (χ0) is 11.6. The Morgan fingerprint density at radius 1 is 1.25 bits per heavy atom. The number of unbranched alkanes of at least 4 members (excludes halogenated alkanes) is 6. The van der Waals surface area contributed by atoms with E-state index in [4.69, 9.17) is 4.74 Å². The lowest BCUT2D eigenvalue weighted by Gasteiger charge is -2.01. The Bertz CT molecular complexity index is 221. The van der Waals surface area contributed by atoms with Crippen molar-refractivity contribution in [3.8, 4) is 0 Å². The largest absolute Gasteiger partial charge is 0.458 e. The van der Waals surface area contributed by atoms with Crippen molar-refractivity contribution < 1.29 is 9.53 Å². The molecule has 2 heteroatoms. The first-order chi connectivity index (χ1) is 7.83.